The van der Waals surface area contributed by atoms with E-state index >= 15 is 0 Å². The van der Waals surface area contributed by atoms with Crippen LogP contribution in [0.1, 0.15) is 73.4 Å². The summed E-state index contributed by atoms with van der Waals surface area (Å²) in [5, 5.41) is 12.2. The molecule has 198 valence electrons. The lowest BCUT2D eigenvalue weighted by atomic mass is 9.68. The number of halogens is 1. The van der Waals surface area contributed by atoms with Gasteiger partial charge >= 0.3 is 0 Å². The highest BCUT2D eigenvalue weighted by Crippen LogP contribution is 2.47. The average Bonchev–Trinajstić information content (AvgIpc) is 3.01. The highest BCUT2D eigenvalue weighted by atomic mass is 35.5. The van der Waals surface area contributed by atoms with Crippen LogP contribution in [0.15, 0.2) is 36.4 Å². The number of fused-ring (bicyclic) bond motifs is 4. The molecule has 5 atom stereocenters. The highest BCUT2D eigenvalue weighted by molar-refractivity contribution is 7.98. The van der Waals surface area contributed by atoms with Crippen molar-refractivity contribution in [2.75, 3.05) is 24.6 Å². The van der Waals surface area contributed by atoms with Crippen LogP contribution in [0, 0.1) is 11.8 Å². The summed E-state index contributed by atoms with van der Waals surface area (Å²) in [6, 6.07) is 12.2. The Labute approximate surface area is 229 Å². The number of hydrogen-bond donors (Lipinski definition) is 2. The predicted octanol–water partition coefficient (Wildman–Crippen LogP) is 6.15. The molecule has 1 saturated carbocycles. The van der Waals surface area contributed by atoms with Gasteiger partial charge in [0.2, 0.25) is 0 Å². The molecule has 1 amide bonds. The van der Waals surface area contributed by atoms with Gasteiger partial charge in [0.15, 0.2) is 0 Å². The largest absolute Gasteiger partial charge is 0.490 e. The third-order valence-corrected chi connectivity index (χ3v) is 10.4. The van der Waals surface area contributed by atoms with Crippen LogP contribution in [0.25, 0.3) is 0 Å². The van der Waals surface area contributed by atoms with E-state index < -0.39 is 0 Å². The van der Waals surface area contributed by atoms with Crippen LogP contribution in [0.4, 0.5) is 5.69 Å². The number of anilines is 1. The third-order valence-electron chi connectivity index (χ3n) is 9.19. The Morgan fingerprint density at radius 2 is 2.03 bits per heavy atom. The SMILES string of the molecule is C[C@@H]1CCC[C@H](O)[C@@H]2CC[C@H]2CN2C[C@@]3(CCCc4cc(Cl)ccc43)COc3ccc(cc32)C(=O)NS1. The minimum absolute atomic E-state index is 0.0624. The molecular weight excluding hydrogens is 504 g/mol. The van der Waals surface area contributed by atoms with Gasteiger partial charge in [0.05, 0.1) is 18.4 Å². The van der Waals surface area contributed by atoms with Gasteiger partial charge in [-0.3, -0.25) is 9.52 Å². The number of carbonyl (C=O) groups is 1. The maximum absolute atomic E-state index is 13.1. The number of aliphatic hydroxyl groups excluding tert-OH is 1. The fraction of sp³-hybridized carbons (Fsp3) is 0.567. The molecule has 1 fully saturated rings. The summed E-state index contributed by atoms with van der Waals surface area (Å²) in [5.74, 6) is 1.57. The molecule has 2 bridgehead atoms. The lowest BCUT2D eigenvalue weighted by Gasteiger charge is -2.45. The Hall–Kier alpha value is -1.89. The van der Waals surface area contributed by atoms with Crippen molar-refractivity contribution in [1.82, 2.24) is 4.72 Å². The van der Waals surface area contributed by atoms with Crippen molar-refractivity contribution in [3.05, 3.63) is 58.1 Å². The Morgan fingerprint density at radius 3 is 2.86 bits per heavy atom. The van der Waals surface area contributed by atoms with Gasteiger partial charge < -0.3 is 14.7 Å². The average molecular weight is 541 g/mol. The van der Waals surface area contributed by atoms with Gasteiger partial charge in [-0.15, -0.1) is 0 Å². The van der Waals surface area contributed by atoms with Crippen molar-refractivity contribution in [2.45, 2.75) is 75.1 Å². The molecule has 2 heterocycles. The van der Waals surface area contributed by atoms with Gasteiger partial charge in [-0.1, -0.05) is 24.6 Å². The fourth-order valence-corrected chi connectivity index (χ4v) is 7.87. The number of nitrogens with one attached hydrogen (secondary N) is 1. The van der Waals surface area contributed by atoms with Crippen molar-refractivity contribution in [3.63, 3.8) is 0 Å². The zero-order valence-electron chi connectivity index (χ0n) is 21.5. The minimum Gasteiger partial charge on any atom is -0.490 e. The van der Waals surface area contributed by atoms with Crippen LogP contribution in [0.5, 0.6) is 5.75 Å². The van der Waals surface area contributed by atoms with Crippen molar-refractivity contribution < 1.29 is 14.6 Å². The van der Waals surface area contributed by atoms with E-state index in [2.05, 4.69) is 28.7 Å². The van der Waals surface area contributed by atoms with Gasteiger partial charge in [-0.05, 0) is 117 Å². The topological polar surface area (TPSA) is 61.8 Å². The summed E-state index contributed by atoms with van der Waals surface area (Å²) >= 11 is 7.87. The number of rotatable bonds is 0. The molecule has 2 aromatic rings. The number of nitrogens with zero attached hydrogens (tertiary/aromatic N) is 1. The summed E-state index contributed by atoms with van der Waals surface area (Å²) in [5.41, 5.74) is 4.21. The second-order valence-electron chi connectivity index (χ2n) is 11.6. The molecule has 0 aromatic heterocycles. The summed E-state index contributed by atoms with van der Waals surface area (Å²) in [7, 11) is 0. The molecule has 4 aliphatic rings. The first-order valence-electron chi connectivity index (χ1n) is 13.9. The van der Waals surface area contributed by atoms with Crippen molar-refractivity contribution in [1.29, 1.82) is 0 Å². The zero-order chi connectivity index (χ0) is 25.6. The van der Waals surface area contributed by atoms with Crippen LogP contribution in [0.3, 0.4) is 0 Å². The lowest BCUT2D eigenvalue weighted by molar-refractivity contribution is 0.00915. The molecular formula is C30H37ClN2O3S. The maximum Gasteiger partial charge on any atom is 0.261 e. The summed E-state index contributed by atoms with van der Waals surface area (Å²) in [6.45, 7) is 4.47. The zero-order valence-corrected chi connectivity index (χ0v) is 23.1. The Balaban J connectivity index is 1.39. The lowest BCUT2D eigenvalue weighted by Crippen LogP contribution is -2.49. The van der Waals surface area contributed by atoms with Crippen LogP contribution in [-0.2, 0) is 11.8 Å². The number of carbonyl (C=O) groups excluding carboxylic acids is 1. The summed E-state index contributed by atoms with van der Waals surface area (Å²) in [6.07, 6.45) is 7.99. The maximum atomic E-state index is 13.1. The van der Waals surface area contributed by atoms with Gasteiger partial charge in [0.25, 0.3) is 5.91 Å². The van der Waals surface area contributed by atoms with Gasteiger partial charge in [-0.2, -0.15) is 0 Å². The quantitative estimate of drug-likeness (QED) is 0.392. The number of benzene rings is 2. The van der Waals surface area contributed by atoms with E-state index in [1.54, 1.807) is 0 Å². The minimum atomic E-state index is -0.254. The molecule has 2 aliphatic carbocycles. The molecule has 0 unspecified atom stereocenters. The van der Waals surface area contributed by atoms with E-state index in [-0.39, 0.29) is 17.4 Å². The van der Waals surface area contributed by atoms with E-state index in [0.717, 1.165) is 80.9 Å². The number of aryl methyl sites for hydroxylation is 1. The van der Waals surface area contributed by atoms with E-state index in [0.29, 0.717) is 29.3 Å². The normalized spacial score (nSPS) is 32.0. The first-order chi connectivity index (χ1) is 17.9. The van der Waals surface area contributed by atoms with Gasteiger partial charge in [0, 0.05) is 34.3 Å². The predicted molar refractivity (Wildman–Crippen MR) is 151 cm³/mol. The second kappa shape index (κ2) is 10.3. The molecule has 37 heavy (non-hydrogen) atoms. The first kappa shape index (κ1) is 25.4. The Bertz CT molecular complexity index is 1180. The Morgan fingerprint density at radius 1 is 1.14 bits per heavy atom. The molecule has 2 N–H and O–H groups in total. The highest BCUT2D eigenvalue weighted by Gasteiger charge is 2.44. The van der Waals surface area contributed by atoms with Crippen LogP contribution < -0.4 is 14.4 Å². The molecule has 0 saturated heterocycles. The monoisotopic (exact) mass is 540 g/mol. The summed E-state index contributed by atoms with van der Waals surface area (Å²) in [4.78, 5) is 15.6. The molecule has 6 rings (SSSR count). The number of ether oxygens (including phenoxy) is 1. The van der Waals surface area contributed by atoms with E-state index in [1.807, 2.05) is 24.3 Å². The number of hydrogen-bond acceptors (Lipinski definition) is 5. The van der Waals surface area contributed by atoms with E-state index in [1.165, 1.54) is 23.1 Å². The van der Waals surface area contributed by atoms with Crippen LogP contribution >= 0.6 is 23.5 Å². The standard InChI is InChI=1S/C30H37ClN2O3S/c1-19-4-2-6-27(34)24-10-7-22(24)16-33-17-30(13-3-5-20-14-23(31)9-11-25(20)30)18-36-28-12-8-21(15-26(28)33)29(35)32-37-19/h8-9,11-12,14-15,19,22,24,27,34H,2-7,10,13,16-18H2,1H3,(H,32,35)/t19-,22+,24-,27+,30+/m1/s1. The molecule has 5 nitrogen and oxygen atoms in total. The van der Waals surface area contributed by atoms with Gasteiger partial charge in [-0.25, -0.2) is 0 Å². The number of amides is 1. The smallest absolute Gasteiger partial charge is 0.261 e. The molecule has 0 radical (unpaired) electrons. The molecule has 1 spiro atoms. The molecule has 7 heteroatoms. The number of aliphatic hydroxyl groups is 1. The van der Waals surface area contributed by atoms with Crippen LogP contribution in [0.2, 0.25) is 5.02 Å². The van der Waals surface area contributed by atoms with Crippen molar-refractivity contribution in [3.8, 4) is 5.75 Å². The van der Waals surface area contributed by atoms with Gasteiger partial charge in [0.1, 0.15) is 5.75 Å². The third kappa shape index (κ3) is 4.97. The molecule has 2 aliphatic heterocycles. The first-order valence-corrected chi connectivity index (χ1v) is 15.1. The van der Waals surface area contributed by atoms with E-state index in [9.17, 15) is 9.90 Å². The Kier molecular flexibility index (Phi) is 7.10. The van der Waals surface area contributed by atoms with Crippen molar-refractivity contribution in [2.24, 2.45) is 11.8 Å². The second-order valence-corrected chi connectivity index (χ2v) is 13.3. The summed E-state index contributed by atoms with van der Waals surface area (Å²) < 4.78 is 9.63. The van der Waals surface area contributed by atoms with Crippen molar-refractivity contribution >= 4 is 35.1 Å². The fourth-order valence-electron chi connectivity index (χ4n) is 6.97. The van der Waals surface area contributed by atoms with Crippen LogP contribution in [-0.4, -0.2) is 42.1 Å². The molecule has 2 aromatic carbocycles. The van der Waals surface area contributed by atoms with E-state index in [4.69, 9.17) is 16.3 Å².